The molecule has 1 aromatic heterocycles. The molecular weight excluding hydrogens is 233 g/mol. The van der Waals surface area contributed by atoms with Crippen molar-refractivity contribution in [1.82, 2.24) is 25.5 Å². The van der Waals surface area contributed by atoms with Crippen molar-refractivity contribution in [2.24, 2.45) is 5.92 Å². The van der Waals surface area contributed by atoms with Gasteiger partial charge in [-0.2, -0.15) is 4.68 Å². The average Bonchev–Trinajstić information content (AvgIpc) is 3.02. The summed E-state index contributed by atoms with van der Waals surface area (Å²) in [6, 6.07) is 6.19. The van der Waals surface area contributed by atoms with Crippen LogP contribution in [-0.2, 0) is 6.42 Å². The first-order valence-corrected chi connectivity index (χ1v) is 6.07. The van der Waals surface area contributed by atoms with Gasteiger partial charge in [0.1, 0.15) is 5.82 Å². The Morgan fingerprint density at radius 1 is 1.33 bits per heavy atom. The van der Waals surface area contributed by atoms with Crippen molar-refractivity contribution in [2.75, 3.05) is 13.1 Å². The molecule has 1 aliphatic rings. The number of hydrogen-bond acceptors (Lipinski definition) is 4. The smallest absolute Gasteiger partial charge is 0.157 e. The van der Waals surface area contributed by atoms with E-state index in [9.17, 15) is 4.39 Å². The maximum atomic E-state index is 12.9. The molecule has 0 radical (unpaired) electrons. The summed E-state index contributed by atoms with van der Waals surface area (Å²) < 4.78 is 14.6. The highest BCUT2D eigenvalue weighted by atomic mass is 19.1. The van der Waals surface area contributed by atoms with E-state index in [-0.39, 0.29) is 5.82 Å². The van der Waals surface area contributed by atoms with Crippen LogP contribution in [-0.4, -0.2) is 33.3 Å². The molecule has 94 valence electrons. The Morgan fingerprint density at radius 2 is 2.17 bits per heavy atom. The summed E-state index contributed by atoms with van der Waals surface area (Å²) in [5.41, 5.74) is 0.794. The lowest BCUT2D eigenvalue weighted by molar-refractivity contribution is 0.551. The summed E-state index contributed by atoms with van der Waals surface area (Å²) in [7, 11) is 0. The van der Waals surface area contributed by atoms with Gasteiger partial charge in [-0.25, -0.2) is 4.39 Å². The Balaban J connectivity index is 1.84. The summed E-state index contributed by atoms with van der Waals surface area (Å²) in [6.07, 6.45) is 1.99. The third-order valence-corrected chi connectivity index (χ3v) is 3.24. The van der Waals surface area contributed by atoms with Crippen LogP contribution in [0.5, 0.6) is 0 Å². The van der Waals surface area contributed by atoms with Crippen LogP contribution >= 0.6 is 0 Å². The second-order valence-corrected chi connectivity index (χ2v) is 4.55. The maximum Gasteiger partial charge on any atom is 0.157 e. The second-order valence-electron chi connectivity index (χ2n) is 4.55. The van der Waals surface area contributed by atoms with E-state index >= 15 is 0 Å². The van der Waals surface area contributed by atoms with Gasteiger partial charge >= 0.3 is 0 Å². The number of tetrazole rings is 1. The van der Waals surface area contributed by atoms with Crippen LogP contribution in [0.1, 0.15) is 12.2 Å². The van der Waals surface area contributed by atoms with Crippen molar-refractivity contribution in [3.05, 3.63) is 35.9 Å². The van der Waals surface area contributed by atoms with E-state index in [0.29, 0.717) is 5.92 Å². The average molecular weight is 247 g/mol. The number of halogens is 1. The van der Waals surface area contributed by atoms with E-state index in [2.05, 4.69) is 20.8 Å². The van der Waals surface area contributed by atoms with E-state index < -0.39 is 0 Å². The molecule has 18 heavy (non-hydrogen) atoms. The SMILES string of the molecule is Fc1ccc(-n2nnnc2CC2CCNC2)cc1. The molecule has 0 bridgehead atoms. The molecule has 2 aromatic rings. The predicted octanol–water partition coefficient (Wildman–Crippen LogP) is 0.953. The first-order valence-electron chi connectivity index (χ1n) is 6.07. The third kappa shape index (κ3) is 2.24. The fourth-order valence-electron chi connectivity index (χ4n) is 2.26. The van der Waals surface area contributed by atoms with Crippen molar-refractivity contribution in [3.8, 4) is 5.69 Å². The molecule has 3 rings (SSSR count). The third-order valence-electron chi connectivity index (χ3n) is 3.24. The van der Waals surface area contributed by atoms with Gasteiger partial charge in [0, 0.05) is 6.42 Å². The minimum absolute atomic E-state index is 0.256. The van der Waals surface area contributed by atoms with Gasteiger partial charge in [0.05, 0.1) is 5.69 Å². The lowest BCUT2D eigenvalue weighted by Crippen LogP contribution is -2.13. The van der Waals surface area contributed by atoms with Crippen LogP contribution in [0.3, 0.4) is 0 Å². The van der Waals surface area contributed by atoms with Crippen molar-refractivity contribution >= 4 is 0 Å². The zero-order valence-corrected chi connectivity index (χ0v) is 9.88. The molecule has 0 saturated carbocycles. The molecule has 1 aromatic carbocycles. The Morgan fingerprint density at radius 3 is 2.89 bits per heavy atom. The molecule has 5 nitrogen and oxygen atoms in total. The van der Waals surface area contributed by atoms with Gasteiger partial charge in [0.2, 0.25) is 0 Å². The molecular formula is C12H14FN5. The van der Waals surface area contributed by atoms with Crippen LogP contribution in [0.2, 0.25) is 0 Å². The highest BCUT2D eigenvalue weighted by molar-refractivity contribution is 5.31. The standard InChI is InChI=1S/C12H14FN5/c13-10-1-3-11(4-2-10)18-12(15-16-17-18)7-9-5-6-14-8-9/h1-4,9,14H,5-8H2. The fraction of sp³-hybridized carbons (Fsp3) is 0.417. The highest BCUT2D eigenvalue weighted by Gasteiger charge is 2.19. The zero-order valence-electron chi connectivity index (χ0n) is 9.88. The largest absolute Gasteiger partial charge is 0.316 e. The van der Waals surface area contributed by atoms with E-state index in [1.54, 1.807) is 16.8 Å². The Labute approximate surface area is 104 Å². The number of nitrogens with zero attached hydrogens (tertiary/aromatic N) is 4. The fourth-order valence-corrected chi connectivity index (χ4v) is 2.26. The summed E-state index contributed by atoms with van der Waals surface area (Å²) >= 11 is 0. The second kappa shape index (κ2) is 4.81. The molecule has 1 fully saturated rings. The first-order chi connectivity index (χ1) is 8.83. The van der Waals surface area contributed by atoms with Gasteiger partial charge in [0.25, 0.3) is 0 Å². The van der Waals surface area contributed by atoms with E-state index in [0.717, 1.165) is 37.4 Å². The van der Waals surface area contributed by atoms with Gasteiger partial charge in [-0.3, -0.25) is 0 Å². The number of aromatic nitrogens is 4. The monoisotopic (exact) mass is 247 g/mol. The van der Waals surface area contributed by atoms with Gasteiger partial charge in [-0.15, -0.1) is 5.10 Å². The first kappa shape index (κ1) is 11.3. The van der Waals surface area contributed by atoms with Crippen molar-refractivity contribution in [2.45, 2.75) is 12.8 Å². The van der Waals surface area contributed by atoms with Gasteiger partial charge < -0.3 is 5.32 Å². The number of nitrogens with one attached hydrogen (secondary N) is 1. The Kier molecular flexibility index (Phi) is 3.02. The molecule has 0 spiro atoms. The van der Waals surface area contributed by atoms with Crippen molar-refractivity contribution < 1.29 is 4.39 Å². The van der Waals surface area contributed by atoms with Gasteiger partial charge in [-0.1, -0.05) is 0 Å². The van der Waals surface area contributed by atoms with E-state index in [1.165, 1.54) is 12.1 Å². The number of rotatable bonds is 3. The lowest BCUT2D eigenvalue weighted by atomic mass is 10.0. The summed E-state index contributed by atoms with van der Waals surface area (Å²) in [5.74, 6) is 1.15. The topological polar surface area (TPSA) is 55.6 Å². The Bertz CT molecular complexity index is 516. The number of hydrogen-bond donors (Lipinski definition) is 1. The molecule has 2 heterocycles. The quantitative estimate of drug-likeness (QED) is 0.877. The van der Waals surface area contributed by atoms with Gasteiger partial charge in [0.15, 0.2) is 5.82 Å². The maximum absolute atomic E-state index is 12.9. The minimum atomic E-state index is -0.256. The summed E-state index contributed by atoms with van der Waals surface area (Å²) in [4.78, 5) is 0. The van der Waals surface area contributed by atoms with Crippen LogP contribution in [0.4, 0.5) is 4.39 Å². The van der Waals surface area contributed by atoms with Crippen molar-refractivity contribution in [3.63, 3.8) is 0 Å². The molecule has 1 N–H and O–H groups in total. The molecule has 0 amide bonds. The van der Waals surface area contributed by atoms with E-state index in [4.69, 9.17) is 0 Å². The van der Waals surface area contributed by atoms with Crippen molar-refractivity contribution in [1.29, 1.82) is 0 Å². The Hall–Kier alpha value is -1.82. The minimum Gasteiger partial charge on any atom is -0.316 e. The highest BCUT2D eigenvalue weighted by Crippen LogP contribution is 2.16. The number of benzene rings is 1. The summed E-state index contributed by atoms with van der Waals surface area (Å²) in [5, 5.41) is 15.1. The normalized spacial score (nSPS) is 19.3. The molecule has 1 unspecified atom stereocenters. The molecule has 6 heteroatoms. The molecule has 0 aliphatic carbocycles. The van der Waals surface area contributed by atoms with Crippen LogP contribution < -0.4 is 5.32 Å². The molecule has 1 atom stereocenters. The molecule has 1 saturated heterocycles. The van der Waals surface area contributed by atoms with Crippen LogP contribution in [0.15, 0.2) is 24.3 Å². The zero-order chi connectivity index (χ0) is 12.4. The molecule has 1 aliphatic heterocycles. The lowest BCUT2D eigenvalue weighted by Gasteiger charge is -2.08. The van der Waals surface area contributed by atoms with Crippen LogP contribution in [0, 0.1) is 11.7 Å². The summed E-state index contributed by atoms with van der Waals surface area (Å²) in [6.45, 7) is 2.07. The van der Waals surface area contributed by atoms with Crippen LogP contribution in [0.25, 0.3) is 5.69 Å². The van der Waals surface area contributed by atoms with Gasteiger partial charge in [-0.05, 0) is 60.1 Å². The van der Waals surface area contributed by atoms with E-state index in [1.807, 2.05) is 0 Å². The predicted molar refractivity (Wildman–Crippen MR) is 63.8 cm³/mol.